The molecule has 0 bridgehead atoms. The fourth-order valence-corrected chi connectivity index (χ4v) is 1.38. The minimum atomic E-state index is -0.0111. The number of nitrogens with one attached hydrogen (secondary N) is 2. The largest absolute Gasteiger partial charge is 0.388 e. The van der Waals surface area contributed by atoms with Crippen molar-refractivity contribution in [3.8, 4) is 0 Å². The van der Waals surface area contributed by atoms with Gasteiger partial charge in [-0.05, 0) is 19.9 Å². The van der Waals surface area contributed by atoms with E-state index in [1.165, 1.54) is 0 Å². The molecule has 1 aromatic rings. The number of thiocarbonyl (C=S) groups is 1. The van der Waals surface area contributed by atoms with Crippen LogP contribution in [0.2, 0.25) is 0 Å². The molecule has 1 amide bonds. The Balaban J connectivity index is 2.42. The van der Waals surface area contributed by atoms with Crippen molar-refractivity contribution in [2.75, 3.05) is 11.9 Å². The van der Waals surface area contributed by atoms with E-state index in [4.69, 9.17) is 18.0 Å². The second-order valence-corrected chi connectivity index (χ2v) is 4.47. The van der Waals surface area contributed by atoms with Crippen LogP contribution in [0.15, 0.2) is 12.3 Å². The van der Waals surface area contributed by atoms with Crippen molar-refractivity contribution < 1.29 is 4.79 Å². The highest BCUT2D eigenvalue weighted by Crippen LogP contribution is 2.00. The molecule has 0 spiro atoms. The van der Waals surface area contributed by atoms with Gasteiger partial charge in [-0.1, -0.05) is 12.2 Å². The number of anilines is 1. The van der Waals surface area contributed by atoms with Crippen molar-refractivity contribution in [1.82, 2.24) is 15.3 Å². The van der Waals surface area contributed by atoms with Crippen LogP contribution in [0.3, 0.4) is 0 Å². The van der Waals surface area contributed by atoms with E-state index in [1.54, 1.807) is 12.3 Å². The van der Waals surface area contributed by atoms with Crippen LogP contribution in [-0.4, -0.2) is 33.5 Å². The summed E-state index contributed by atoms with van der Waals surface area (Å²) in [5.41, 5.74) is 5.97. The van der Waals surface area contributed by atoms with E-state index < -0.39 is 0 Å². The minimum absolute atomic E-state index is 0.0111. The molecule has 1 rings (SSSR count). The molecule has 4 N–H and O–H groups in total. The fourth-order valence-electron chi connectivity index (χ4n) is 1.26. The van der Waals surface area contributed by atoms with Crippen LogP contribution in [-0.2, 0) is 4.79 Å². The molecule has 0 aliphatic rings. The highest BCUT2D eigenvalue weighted by molar-refractivity contribution is 7.80. The van der Waals surface area contributed by atoms with Gasteiger partial charge in [-0.2, -0.15) is 0 Å². The molecule has 0 radical (unpaired) electrons. The molecular formula is C11H17N5OS. The van der Waals surface area contributed by atoms with E-state index in [2.05, 4.69) is 20.6 Å². The molecule has 1 heterocycles. The van der Waals surface area contributed by atoms with Crippen molar-refractivity contribution in [1.29, 1.82) is 0 Å². The molecule has 18 heavy (non-hydrogen) atoms. The van der Waals surface area contributed by atoms with Gasteiger partial charge in [0.05, 0.1) is 0 Å². The average Bonchev–Trinajstić information content (AvgIpc) is 2.28. The van der Waals surface area contributed by atoms with Crippen molar-refractivity contribution >= 4 is 29.1 Å². The van der Waals surface area contributed by atoms with Crippen LogP contribution in [0.5, 0.6) is 0 Å². The van der Waals surface area contributed by atoms with E-state index in [0.29, 0.717) is 24.6 Å². The Morgan fingerprint density at radius 3 is 2.89 bits per heavy atom. The van der Waals surface area contributed by atoms with E-state index in [0.717, 1.165) is 0 Å². The third kappa shape index (κ3) is 5.05. The summed E-state index contributed by atoms with van der Waals surface area (Å²) in [6, 6.07) is 1.78. The van der Waals surface area contributed by atoms with Crippen LogP contribution >= 0.6 is 12.2 Å². The summed E-state index contributed by atoms with van der Waals surface area (Å²) in [4.78, 5) is 19.7. The first kappa shape index (κ1) is 14.3. The van der Waals surface area contributed by atoms with Gasteiger partial charge in [0.2, 0.25) is 11.9 Å². The molecule has 0 fully saturated rings. The third-order valence-corrected chi connectivity index (χ3v) is 2.20. The maximum Gasteiger partial charge on any atom is 0.223 e. The predicted molar refractivity (Wildman–Crippen MR) is 74.3 cm³/mol. The molecule has 7 heteroatoms. The van der Waals surface area contributed by atoms with Crippen LogP contribution in [0.1, 0.15) is 26.0 Å². The molecule has 0 aliphatic heterocycles. The summed E-state index contributed by atoms with van der Waals surface area (Å²) in [6.07, 6.45) is 1.93. The Morgan fingerprint density at radius 1 is 1.56 bits per heavy atom. The van der Waals surface area contributed by atoms with Gasteiger partial charge in [-0.3, -0.25) is 4.79 Å². The standard InChI is InChI=1S/C11H17N5OS/c1-7(2)15-9(17)4-6-14-11-13-5-3-8(16-11)10(12)18/h3,5,7H,4,6H2,1-2H3,(H2,12,18)(H,15,17)(H,13,14,16). The van der Waals surface area contributed by atoms with Crippen LogP contribution < -0.4 is 16.4 Å². The summed E-state index contributed by atoms with van der Waals surface area (Å²) in [5.74, 6) is 0.403. The highest BCUT2D eigenvalue weighted by atomic mass is 32.1. The molecule has 6 nitrogen and oxygen atoms in total. The van der Waals surface area contributed by atoms with Crippen LogP contribution in [0.4, 0.5) is 5.95 Å². The predicted octanol–water partition coefficient (Wildman–Crippen LogP) is 0.437. The number of hydrogen-bond donors (Lipinski definition) is 3. The van der Waals surface area contributed by atoms with Crippen LogP contribution in [0.25, 0.3) is 0 Å². The fraction of sp³-hybridized carbons (Fsp3) is 0.455. The minimum Gasteiger partial charge on any atom is -0.388 e. The van der Waals surface area contributed by atoms with Crippen molar-refractivity contribution in [2.45, 2.75) is 26.3 Å². The van der Waals surface area contributed by atoms with Crippen molar-refractivity contribution in [3.05, 3.63) is 18.0 Å². The van der Waals surface area contributed by atoms with Gasteiger partial charge in [-0.15, -0.1) is 0 Å². The zero-order chi connectivity index (χ0) is 13.5. The quantitative estimate of drug-likeness (QED) is 0.648. The molecule has 0 saturated carbocycles. The smallest absolute Gasteiger partial charge is 0.223 e. The summed E-state index contributed by atoms with van der Waals surface area (Å²) in [6.45, 7) is 4.29. The maximum atomic E-state index is 11.4. The Hall–Kier alpha value is -1.76. The average molecular weight is 267 g/mol. The second kappa shape index (κ2) is 6.85. The number of nitrogens with zero attached hydrogens (tertiary/aromatic N) is 2. The number of hydrogen-bond acceptors (Lipinski definition) is 5. The van der Waals surface area contributed by atoms with Gasteiger partial charge in [0.15, 0.2) is 0 Å². The number of nitrogens with two attached hydrogens (primary N) is 1. The first-order valence-electron chi connectivity index (χ1n) is 5.65. The molecule has 0 aliphatic carbocycles. The third-order valence-electron chi connectivity index (χ3n) is 1.99. The van der Waals surface area contributed by atoms with Gasteiger partial charge >= 0.3 is 0 Å². The summed E-state index contributed by atoms with van der Waals surface area (Å²) in [7, 11) is 0. The van der Waals surface area contributed by atoms with E-state index >= 15 is 0 Å². The topological polar surface area (TPSA) is 92.9 Å². The lowest BCUT2D eigenvalue weighted by atomic mass is 10.3. The van der Waals surface area contributed by atoms with Crippen molar-refractivity contribution in [3.63, 3.8) is 0 Å². The Kier molecular flexibility index (Phi) is 5.44. The summed E-state index contributed by atoms with van der Waals surface area (Å²) < 4.78 is 0. The maximum absolute atomic E-state index is 11.4. The number of amides is 1. The first-order chi connectivity index (χ1) is 8.49. The van der Waals surface area contributed by atoms with Crippen molar-refractivity contribution in [2.24, 2.45) is 5.73 Å². The lowest BCUT2D eigenvalue weighted by Crippen LogP contribution is -2.31. The zero-order valence-electron chi connectivity index (χ0n) is 10.4. The lowest BCUT2D eigenvalue weighted by molar-refractivity contribution is -0.121. The van der Waals surface area contributed by atoms with Crippen LogP contribution in [0, 0.1) is 0 Å². The molecule has 0 atom stereocenters. The van der Waals surface area contributed by atoms with Gasteiger partial charge in [-0.25, -0.2) is 9.97 Å². The second-order valence-electron chi connectivity index (χ2n) is 4.03. The Bertz CT molecular complexity index is 435. The number of carbonyl (C=O) groups excluding carboxylic acids is 1. The van der Waals surface area contributed by atoms with E-state index in [9.17, 15) is 4.79 Å². The number of rotatable bonds is 6. The van der Waals surface area contributed by atoms with Gasteiger partial charge < -0.3 is 16.4 Å². The molecule has 98 valence electrons. The molecule has 1 aromatic heterocycles. The molecule has 0 unspecified atom stereocenters. The number of aromatic nitrogens is 2. The molecule has 0 saturated heterocycles. The normalized spacial score (nSPS) is 10.2. The van der Waals surface area contributed by atoms with Gasteiger partial charge in [0, 0.05) is 25.2 Å². The monoisotopic (exact) mass is 267 g/mol. The Labute approximate surface area is 111 Å². The zero-order valence-corrected chi connectivity index (χ0v) is 11.3. The van der Waals surface area contributed by atoms with E-state index in [1.807, 2.05) is 13.8 Å². The van der Waals surface area contributed by atoms with E-state index in [-0.39, 0.29) is 16.9 Å². The summed E-state index contributed by atoms with van der Waals surface area (Å²) in [5, 5.41) is 5.74. The highest BCUT2D eigenvalue weighted by Gasteiger charge is 2.04. The van der Waals surface area contributed by atoms with Gasteiger partial charge in [0.1, 0.15) is 10.7 Å². The summed E-state index contributed by atoms with van der Waals surface area (Å²) >= 11 is 4.82. The first-order valence-corrected chi connectivity index (χ1v) is 6.06. The molecule has 0 aromatic carbocycles. The lowest BCUT2D eigenvalue weighted by Gasteiger charge is -2.09. The number of carbonyl (C=O) groups is 1. The SMILES string of the molecule is CC(C)NC(=O)CCNc1nccc(C(N)=S)n1. The molecular weight excluding hydrogens is 250 g/mol. The van der Waals surface area contributed by atoms with Gasteiger partial charge in [0.25, 0.3) is 0 Å². The Morgan fingerprint density at radius 2 is 2.28 bits per heavy atom.